The molecule has 0 saturated heterocycles. The molecule has 3 aromatic rings. The number of carbonyl (C=O) groups is 1. The fourth-order valence-electron chi connectivity index (χ4n) is 2.62. The maximum Gasteiger partial charge on any atom is 0.262 e. The van der Waals surface area contributed by atoms with Crippen molar-refractivity contribution in [3.63, 3.8) is 0 Å². The zero-order valence-corrected chi connectivity index (χ0v) is 16.3. The van der Waals surface area contributed by atoms with Gasteiger partial charge in [-0.2, -0.15) is 5.26 Å². The van der Waals surface area contributed by atoms with E-state index in [1.54, 1.807) is 30.3 Å². The number of carbonyl (C=O) groups excluding carboxylic acids is 1. The van der Waals surface area contributed by atoms with E-state index in [9.17, 15) is 10.1 Å². The Kier molecular flexibility index (Phi) is 6.54. The van der Waals surface area contributed by atoms with Gasteiger partial charge in [0.25, 0.3) is 5.91 Å². The summed E-state index contributed by atoms with van der Waals surface area (Å²) in [4.78, 5) is 12.3. The second kappa shape index (κ2) is 9.27. The summed E-state index contributed by atoms with van der Waals surface area (Å²) in [6.07, 6.45) is 2.09. The molecule has 0 unspecified atom stereocenters. The molecule has 2 aromatic carbocycles. The van der Waals surface area contributed by atoms with E-state index in [-0.39, 0.29) is 5.57 Å². The van der Waals surface area contributed by atoms with Gasteiger partial charge in [0.15, 0.2) is 0 Å². The molecule has 1 aromatic heterocycles. The minimum absolute atomic E-state index is 0.0360. The summed E-state index contributed by atoms with van der Waals surface area (Å²) in [5.74, 6) is 0.429. The van der Waals surface area contributed by atoms with Crippen molar-refractivity contribution in [3.8, 4) is 17.4 Å². The van der Waals surface area contributed by atoms with Crippen molar-refractivity contribution in [1.29, 1.82) is 5.26 Å². The van der Waals surface area contributed by atoms with Gasteiger partial charge in [-0.05, 0) is 36.2 Å². The van der Waals surface area contributed by atoms with E-state index in [4.69, 9.17) is 27.6 Å². The molecule has 0 bridgehead atoms. The average Bonchev–Trinajstić information content (AvgIpc) is 3.17. The van der Waals surface area contributed by atoms with Crippen molar-refractivity contribution in [1.82, 2.24) is 5.32 Å². The number of nitriles is 1. The number of hydrogen-bond donors (Lipinski definition) is 1. The van der Waals surface area contributed by atoms with Gasteiger partial charge in [-0.25, -0.2) is 0 Å². The van der Waals surface area contributed by atoms with Gasteiger partial charge in [-0.3, -0.25) is 4.79 Å². The molecule has 0 fully saturated rings. The van der Waals surface area contributed by atoms with E-state index < -0.39 is 5.91 Å². The quantitative estimate of drug-likeness (QED) is 0.429. The van der Waals surface area contributed by atoms with Gasteiger partial charge >= 0.3 is 0 Å². The second-order valence-electron chi connectivity index (χ2n) is 5.96. The zero-order chi connectivity index (χ0) is 19.9. The highest BCUT2D eigenvalue weighted by molar-refractivity contribution is 6.43. The van der Waals surface area contributed by atoms with E-state index in [0.29, 0.717) is 40.1 Å². The number of nitrogens with one attached hydrogen (secondary N) is 1. The summed E-state index contributed by atoms with van der Waals surface area (Å²) >= 11 is 12.2. The lowest BCUT2D eigenvalue weighted by Crippen LogP contribution is -2.26. The number of furan rings is 1. The standard InChI is InChI=1S/C22H16Cl2N2O2/c23-19-8-4-7-18(21(19)24)20-10-9-17(28-20)13-16(14-25)22(27)26-12-11-15-5-2-1-3-6-15/h1-10,13H,11-12H2,(H,26,27). The van der Waals surface area contributed by atoms with Crippen LogP contribution in [0, 0.1) is 11.3 Å². The highest BCUT2D eigenvalue weighted by atomic mass is 35.5. The molecule has 0 radical (unpaired) electrons. The normalized spacial score (nSPS) is 11.1. The molecule has 0 aliphatic rings. The van der Waals surface area contributed by atoms with Gasteiger partial charge in [0.1, 0.15) is 23.2 Å². The average molecular weight is 411 g/mol. The van der Waals surface area contributed by atoms with Crippen molar-refractivity contribution >= 4 is 35.2 Å². The van der Waals surface area contributed by atoms with Crippen LogP contribution in [0.1, 0.15) is 11.3 Å². The Labute approximate surface area is 173 Å². The van der Waals surface area contributed by atoms with Crippen molar-refractivity contribution < 1.29 is 9.21 Å². The molecule has 1 N–H and O–H groups in total. The zero-order valence-electron chi connectivity index (χ0n) is 14.8. The summed E-state index contributed by atoms with van der Waals surface area (Å²) in [5.41, 5.74) is 1.71. The molecule has 0 aliphatic carbocycles. The number of halogens is 2. The molecule has 3 rings (SSSR count). The van der Waals surface area contributed by atoms with Crippen molar-refractivity contribution in [2.24, 2.45) is 0 Å². The molecule has 0 atom stereocenters. The highest BCUT2D eigenvalue weighted by Crippen LogP contribution is 2.34. The Balaban J connectivity index is 1.69. The Hall–Kier alpha value is -3.00. The number of hydrogen-bond acceptors (Lipinski definition) is 3. The van der Waals surface area contributed by atoms with Crippen LogP contribution < -0.4 is 5.32 Å². The summed E-state index contributed by atoms with van der Waals surface area (Å²) in [6.45, 7) is 0.434. The summed E-state index contributed by atoms with van der Waals surface area (Å²) in [7, 11) is 0. The van der Waals surface area contributed by atoms with Crippen LogP contribution in [0.5, 0.6) is 0 Å². The maximum absolute atomic E-state index is 12.3. The van der Waals surface area contributed by atoms with E-state index in [1.807, 2.05) is 36.4 Å². The van der Waals surface area contributed by atoms with Crippen LogP contribution in [0.2, 0.25) is 10.0 Å². The van der Waals surface area contributed by atoms with Crippen LogP contribution in [0.15, 0.2) is 70.7 Å². The molecular formula is C22H16Cl2N2O2. The Morgan fingerprint density at radius 3 is 2.61 bits per heavy atom. The van der Waals surface area contributed by atoms with E-state index in [2.05, 4.69) is 5.32 Å². The van der Waals surface area contributed by atoms with Crippen LogP contribution in [-0.4, -0.2) is 12.5 Å². The van der Waals surface area contributed by atoms with Gasteiger partial charge < -0.3 is 9.73 Å². The third kappa shape index (κ3) is 4.83. The van der Waals surface area contributed by atoms with Crippen LogP contribution in [0.25, 0.3) is 17.4 Å². The lowest BCUT2D eigenvalue weighted by Gasteiger charge is -2.04. The van der Waals surface area contributed by atoms with Gasteiger partial charge in [0.2, 0.25) is 0 Å². The van der Waals surface area contributed by atoms with Crippen molar-refractivity contribution in [3.05, 3.63) is 87.6 Å². The number of rotatable bonds is 6. The monoisotopic (exact) mass is 410 g/mol. The second-order valence-corrected chi connectivity index (χ2v) is 6.75. The molecule has 1 heterocycles. The van der Waals surface area contributed by atoms with Crippen molar-refractivity contribution in [2.75, 3.05) is 6.54 Å². The van der Waals surface area contributed by atoms with E-state index >= 15 is 0 Å². The molecule has 1 amide bonds. The molecule has 0 aliphatic heterocycles. The fraction of sp³-hybridized carbons (Fsp3) is 0.0909. The molecular weight excluding hydrogens is 395 g/mol. The van der Waals surface area contributed by atoms with Crippen LogP contribution in [-0.2, 0) is 11.2 Å². The van der Waals surface area contributed by atoms with E-state index in [0.717, 1.165) is 5.56 Å². The molecule has 6 heteroatoms. The van der Waals surface area contributed by atoms with Gasteiger partial charge in [0.05, 0.1) is 10.0 Å². The summed E-state index contributed by atoms with van der Waals surface area (Å²) in [5, 5.41) is 12.9. The number of nitrogens with zero attached hydrogens (tertiary/aromatic N) is 1. The SMILES string of the molecule is N#CC(=Cc1ccc(-c2cccc(Cl)c2Cl)o1)C(=O)NCCc1ccccc1. The lowest BCUT2D eigenvalue weighted by molar-refractivity contribution is -0.117. The molecule has 0 spiro atoms. The highest BCUT2D eigenvalue weighted by Gasteiger charge is 2.13. The molecule has 4 nitrogen and oxygen atoms in total. The third-order valence-corrected chi connectivity index (χ3v) is 4.86. The first-order valence-electron chi connectivity index (χ1n) is 8.56. The largest absolute Gasteiger partial charge is 0.457 e. The minimum Gasteiger partial charge on any atom is -0.457 e. The van der Waals surface area contributed by atoms with Crippen LogP contribution in [0.3, 0.4) is 0 Å². The predicted octanol–water partition coefficient (Wildman–Crippen LogP) is 5.52. The van der Waals surface area contributed by atoms with Crippen molar-refractivity contribution in [2.45, 2.75) is 6.42 Å². The number of benzene rings is 2. The molecule has 28 heavy (non-hydrogen) atoms. The van der Waals surface area contributed by atoms with Gasteiger partial charge in [0, 0.05) is 18.2 Å². The molecule has 140 valence electrons. The Bertz CT molecular complexity index is 1050. The number of amides is 1. The summed E-state index contributed by atoms with van der Waals surface area (Å²) < 4.78 is 5.71. The topological polar surface area (TPSA) is 66.0 Å². The predicted molar refractivity (Wildman–Crippen MR) is 111 cm³/mol. The minimum atomic E-state index is -0.447. The van der Waals surface area contributed by atoms with Crippen LogP contribution >= 0.6 is 23.2 Å². The first kappa shape index (κ1) is 19.8. The lowest BCUT2D eigenvalue weighted by atomic mass is 10.1. The molecule has 0 saturated carbocycles. The van der Waals surface area contributed by atoms with Crippen LogP contribution in [0.4, 0.5) is 0 Å². The Morgan fingerprint density at radius 1 is 1.07 bits per heavy atom. The van der Waals surface area contributed by atoms with Gasteiger partial charge in [-0.1, -0.05) is 59.6 Å². The maximum atomic E-state index is 12.3. The first-order valence-corrected chi connectivity index (χ1v) is 9.32. The summed E-state index contributed by atoms with van der Waals surface area (Å²) in [6, 6.07) is 20.3. The third-order valence-electron chi connectivity index (χ3n) is 4.04. The van der Waals surface area contributed by atoms with E-state index in [1.165, 1.54) is 6.08 Å². The first-order chi connectivity index (χ1) is 13.6. The smallest absolute Gasteiger partial charge is 0.262 e. The Morgan fingerprint density at radius 2 is 1.86 bits per heavy atom. The fourth-order valence-corrected chi connectivity index (χ4v) is 3.01. The van der Waals surface area contributed by atoms with Gasteiger partial charge in [-0.15, -0.1) is 0 Å².